The normalized spacial score (nSPS) is 26.2. The number of hydrogen-bond donors (Lipinski definition) is 1. The molecule has 1 unspecified atom stereocenters. The fourth-order valence-electron chi connectivity index (χ4n) is 3.58. The third-order valence-electron chi connectivity index (χ3n) is 5.15. The number of amides is 1. The van der Waals surface area contributed by atoms with Crippen molar-refractivity contribution in [3.63, 3.8) is 0 Å². The van der Waals surface area contributed by atoms with Crippen LogP contribution >= 0.6 is 0 Å². The average Bonchev–Trinajstić information content (AvgIpc) is 2.52. The topological polar surface area (TPSA) is 79.0 Å². The maximum Gasteiger partial charge on any atom is 0.244 e. The molecule has 0 aromatic heterocycles. The Bertz CT molecular complexity index is 517. The number of carbonyl (C=O) groups excluding carboxylic acids is 1. The molecule has 2 saturated heterocycles. The van der Waals surface area contributed by atoms with E-state index in [1.807, 2.05) is 0 Å². The molecule has 0 spiro atoms. The van der Waals surface area contributed by atoms with Crippen molar-refractivity contribution >= 4 is 15.7 Å². The summed E-state index contributed by atoms with van der Waals surface area (Å²) in [6.45, 7) is 6.63. The molecule has 2 fully saturated rings. The minimum atomic E-state index is -3.45. The van der Waals surface area contributed by atoms with Gasteiger partial charge in [0.15, 0.2) is 14.6 Å². The standard InChI is InChI=1S/C15H29N3O4S/c1-13-12-18(9-8-17(13)10-11-22-2)14(19)15(23(3,20)21)4-6-16-7-5-15/h13,16H,4-12H2,1-3H3. The predicted molar refractivity (Wildman–Crippen MR) is 89.2 cm³/mol. The van der Waals surface area contributed by atoms with Crippen LogP contribution in [0.15, 0.2) is 0 Å². The maximum atomic E-state index is 13.1. The van der Waals surface area contributed by atoms with Crippen molar-refractivity contribution in [2.45, 2.75) is 30.6 Å². The lowest BCUT2D eigenvalue weighted by atomic mass is 9.94. The molecule has 1 amide bonds. The second-order valence-electron chi connectivity index (χ2n) is 6.65. The molecule has 0 radical (unpaired) electrons. The van der Waals surface area contributed by atoms with Gasteiger partial charge in [-0.2, -0.15) is 0 Å². The highest BCUT2D eigenvalue weighted by Crippen LogP contribution is 2.31. The molecule has 2 aliphatic heterocycles. The molecule has 0 bridgehead atoms. The van der Waals surface area contributed by atoms with Gasteiger partial charge in [0.2, 0.25) is 5.91 Å². The van der Waals surface area contributed by atoms with Gasteiger partial charge in [-0.1, -0.05) is 0 Å². The van der Waals surface area contributed by atoms with Gasteiger partial charge in [-0.3, -0.25) is 9.69 Å². The fraction of sp³-hybridized carbons (Fsp3) is 0.933. The monoisotopic (exact) mass is 347 g/mol. The smallest absolute Gasteiger partial charge is 0.244 e. The molecular weight excluding hydrogens is 318 g/mol. The van der Waals surface area contributed by atoms with E-state index in [9.17, 15) is 13.2 Å². The van der Waals surface area contributed by atoms with Gasteiger partial charge < -0.3 is 15.0 Å². The van der Waals surface area contributed by atoms with Crippen LogP contribution < -0.4 is 5.32 Å². The van der Waals surface area contributed by atoms with Crippen LogP contribution in [0, 0.1) is 0 Å². The maximum absolute atomic E-state index is 13.1. The molecule has 0 aliphatic carbocycles. The average molecular weight is 347 g/mol. The number of sulfone groups is 1. The third-order valence-corrected chi connectivity index (χ3v) is 7.15. The van der Waals surface area contributed by atoms with E-state index in [1.54, 1.807) is 12.0 Å². The van der Waals surface area contributed by atoms with E-state index < -0.39 is 14.6 Å². The van der Waals surface area contributed by atoms with E-state index in [4.69, 9.17) is 4.74 Å². The van der Waals surface area contributed by atoms with E-state index >= 15 is 0 Å². The number of methoxy groups -OCH3 is 1. The first kappa shape index (κ1) is 18.6. The van der Waals surface area contributed by atoms with Crippen molar-refractivity contribution in [2.75, 3.05) is 59.2 Å². The van der Waals surface area contributed by atoms with Crippen molar-refractivity contribution in [3.8, 4) is 0 Å². The predicted octanol–water partition coefficient (Wildman–Crippen LogP) is -0.668. The molecule has 0 saturated carbocycles. The minimum Gasteiger partial charge on any atom is -0.383 e. The third kappa shape index (κ3) is 3.87. The summed E-state index contributed by atoms with van der Waals surface area (Å²) in [6, 6.07) is 0.209. The summed E-state index contributed by atoms with van der Waals surface area (Å²) in [5.41, 5.74) is 0. The van der Waals surface area contributed by atoms with Crippen LogP contribution in [0.1, 0.15) is 19.8 Å². The Kier molecular flexibility index (Phi) is 6.05. The SMILES string of the molecule is COCCN1CCN(C(=O)C2(S(C)(=O)=O)CCNCC2)CC1C. The van der Waals surface area contributed by atoms with Crippen LogP contribution in [0.25, 0.3) is 0 Å². The van der Waals surface area contributed by atoms with E-state index in [1.165, 1.54) is 6.26 Å². The van der Waals surface area contributed by atoms with Crippen LogP contribution in [0.3, 0.4) is 0 Å². The first-order valence-electron chi connectivity index (χ1n) is 8.24. The number of piperazine rings is 1. The van der Waals surface area contributed by atoms with Gasteiger partial charge in [-0.25, -0.2) is 8.42 Å². The second-order valence-corrected chi connectivity index (χ2v) is 8.97. The number of nitrogens with zero attached hydrogens (tertiary/aromatic N) is 2. The molecule has 7 nitrogen and oxygen atoms in total. The molecule has 23 heavy (non-hydrogen) atoms. The number of hydrogen-bond acceptors (Lipinski definition) is 6. The number of nitrogens with one attached hydrogen (secondary N) is 1. The van der Waals surface area contributed by atoms with Crippen LogP contribution in [-0.2, 0) is 19.4 Å². The quantitative estimate of drug-likeness (QED) is 0.711. The first-order chi connectivity index (χ1) is 10.8. The Labute approximate surface area is 139 Å². The number of carbonyl (C=O) groups is 1. The highest BCUT2D eigenvalue weighted by molar-refractivity contribution is 7.92. The van der Waals surface area contributed by atoms with Gasteiger partial charge in [-0.15, -0.1) is 0 Å². The Morgan fingerprint density at radius 2 is 1.96 bits per heavy atom. The van der Waals surface area contributed by atoms with E-state index in [0.717, 1.165) is 13.1 Å². The Morgan fingerprint density at radius 1 is 1.30 bits per heavy atom. The molecule has 2 heterocycles. The molecule has 0 aromatic rings. The van der Waals surface area contributed by atoms with Crippen molar-refractivity contribution in [1.82, 2.24) is 15.1 Å². The molecule has 1 atom stereocenters. The van der Waals surface area contributed by atoms with Crippen LogP contribution in [0.2, 0.25) is 0 Å². The van der Waals surface area contributed by atoms with Crippen LogP contribution in [0.5, 0.6) is 0 Å². The fourth-order valence-corrected chi connectivity index (χ4v) is 4.97. The molecular formula is C15H29N3O4S. The Balaban J connectivity index is 2.10. The van der Waals surface area contributed by atoms with E-state index in [0.29, 0.717) is 45.6 Å². The molecule has 134 valence electrons. The summed E-state index contributed by atoms with van der Waals surface area (Å²) < 4.78 is 28.6. The largest absolute Gasteiger partial charge is 0.383 e. The van der Waals surface area contributed by atoms with Gasteiger partial charge in [-0.05, 0) is 32.9 Å². The highest BCUT2D eigenvalue weighted by atomic mass is 32.2. The Hall–Kier alpha value is -0.700. The van der Waals surface area contributed by atoms with Crippen molar-refractivity contribution in [2.24, 2.45) is 0 Å². The number of ether oxygens (including phenoxy) is 1. The van der Waals surface area contributed by atoms with Crippen LogP contribution in [0.4, 0.5) is 0 Å². The lowest BCUT2D eigenvalue weighted by Crippen LogP contribution is -2.63. The lowest BCUT2D eigenvalue weighted by molar-refractivity contribution is -0.137. The molecule has 1 N–H and O–H groups in total. The second kappa shape index (κ2) is 7.46. The molecule has 2 aliphatic rings. The minimum absolute atomic E-state index is 0.209. The molecule has 2 rings (SSSR count). The zero-order valence-electron chi connectivity index (χ0n) is 14.4. The summed E-state index contributed by atoms with van der Waals surface area (Å²) >= 11 is 0. The van der Waals surface area contributed by atoms with Gasteiger partial charge in [0, 0.05) is 45.6 Å². The summed E-state index contributed by atoms with van der Waals surface area (Å²) in [5, 5.41) is 3.15. The van der Waals surface area contributed by atoms with Gasteiger partial charge in [0.1, 0.15) is 0 Å². The van der Waals surface area contributed by atoms with Gasteiger partial charge >= 0.3 is 0 Å². The molecule has 0 aromatic carbocycles. The van der Waals surface area contributed by atoms with Gasteiger partial charge in [0.05, 0.1) is 6.61 Å². The zero-order valence-corrected chi connectivity index (χ0v) is 15.2. The zero-order chi connectivity index (χ0) is 17.1. The molecule has 8 heteroatoms. The van der Waals surface area contributed by atoms with E-state index in [2.05, 4.69) is 17.1 Å². The lowest BCUT2D eigenvalue weighted by Gasteiger charge is -2.44. The van der Waals surface area contributed by atoms with E-state index in [-0.39, 0.29) is 11.9 Å². The summed E-state index contributed by atoms with van der Waals surface area (Å²) in [7, 11) is -1.77. The van der Waals surface area contributed by atoms with Crippen molar-refractivity contribution < 1.29 is 17.9 Å². The summed E-state index contributed by atoms with van der Waals surface area (Å²) in [5.74, 6) is -0.209. The Morgan fingerprint density at radius 3 is 2.48 bits per heavy atom. The first-order valence-corrected chi connectivity index (χ1v) is 10.1. The van der Waals surface area contributed by atoms with Crippen molar-refractivity contribution in [1.29, 1.82) is 0 Å². The summed E-state index contributed by atoms with van der Waals surface area (Å²) in [4.78, 5) is 17.1. The summed E-state index contributed by atoms with van der Waals surface area (Å²) in [6.07, 6.45) is 1.93. The number of rotatable bonds is 5. The van der Waals surface area contributed by atoms with Crippen LogP contribution in [-0.4, -0.2) is 94.2 Å². The van der Waals surface area contributed by atoms with Crippen molar-refractivity contribution in [3.05, 3.63) is 0 Å². The number of piperidine rings is 1. The highest BCUT2D eigenvalue weighted by Gasteiger charge is 2.51. The van der Waals surface area contributed by atoms with Gasteiger partial charge in [0.25, 0.3) is 0 Å².